The molecule has 0 N–H and O–H groups in total. The van der Waals surface area contributed by atoms with E-state index in [9.17, 15) is 13.2 Å². The van der Waals surface area contributed by atoms with Gasteiger partial charge in [-0.2, -0.15) is 8.42 Å². The maximum Gasteiger partial charge on any atom is 0.411 e. The van der Waals surface area contributed by atoms with Crippen LogP contribution in [0.15, 0.2) is 102 Å². The molecule has 4 rings (SSSR count). The molecule has 0 atom stereocenters. The SMILES string of the molecule is CCN(COS(=O)(=O)c1ccc(C)c(-c2ccc(OCc3ccccc3)c(C(C)(C)C)c2)c1)C(=O)OCc1ccccc1. The van der Waals surface area contributed by atoms with Crippen LogP contribution in [0.4, 0.5) is 4.79 Å². The standard InChI is InChI=1S/C35H39NO6S/c1-6-36(34(37)41-24-28-15-11-8-12-16-28)25-42-43(38,39)30-19-17-26(2)31(22-30)29-18-20-33(32(21-29)35(3,4)5)40-23-27-13-9-7-10-14-27/h7-22H,6,23-25H2,1-5H3. The van der Waals surface area contributed by atoms with Gasteiger partial charge in [0.25, 0.3) is 10.1 Å². The first kappa shape index (κ1) is 31.8. The predicted molar refractivity (Wildman–Crippen MR) is 168 cm³/mol. The lowest BCUT2D eigenvalue weighted by atomic mass is 9.84. The van der Waals surface area contributed by atoms with E-state index in [1.807, 2.05) is 79.7 Å². The zero-order valence-electron chi connectivity index (χ0n) is 25.4. The number of hydrogen-bond acceptors (Lipinski definition) is 6. The van der Waals surface area contributed by atoms with E-state index in [1.165, 1.54) is 11.0 Å². The molecule has 43 heavy (non-hydrogen) atoms. The first-order valence-electron chi connectivity index (χ1n) is 14.3. The van der Waals surface area contributed by atoms with Crippen molar-refractivity contribution in [3.63, 3.8) is 0 Å². The van der Waals surface area contributed by atoms with Gasteiger partial charge in [-0.15, -0.1) is 0 Å². The highest BCUT2D eigenvalue weighted by Crippen LogP contribution is 2.37. The second-order valence-electron chi connectivity index (χ2n) is 11.3. The van der Waals surface area contributed by atoms with Gasteiger partial charge in [0.15, 0.2) is 0 Å². The molecule has 0 unspecified atom stereocenters. The highest BCUT2D eigenvalue weighted by Gasteiger charge is 2.23. The smallest absolute Gasteiger partial charge is 0.411 e. The number of aryl methyl sites for hydroxylation is 1. The molecule has 0 fully saturated rings. The Bertz CT molecular complexity index is 1630. The van der Waals surface area contributed by atoms with Crippen molar-refractivity contribution in [1.29, 1.82) is 0 Å². The third-order valence-electron chi connectivity index (χ3n) is 7.04. The van der Waals surface area contributed by atoms with E-state index in [-0.39, 0.29) is 23.5 Å². The number of rotatable bonds is 11. The van der Waals surface area contributed by atoms with Crippen molar-refractivity contribution in [3.05, 3.63) is 119 Å². The number of amides is 1. The Morgan fingerprint density at radius 1 is 0.814 bits per heavy atom. The molecule has 0 radical (unpaired) electrons. The lowest BCUT2D eigenvalue weighted by Gasteiger charge is -2.24. The van der Waals surface area contributed by atoms with Gasteiger partial charge < -0.3 is 9.47 Å². The van der Waals surface area contributed by atoms with E-state index in [1.54, 1.807) is 19.1 Å². The molecular formula is C35H39NO6S. The molecule has 0 heterocycles. The predicted octanol–water partition coefficient (Wildman–Crippen LogP) is 7.86. The monoisotopic (exact) mass is 601 g/mol. The molecule has 4 aromatic rings. The number of nitrogens with zero attached hydrogens (tertiary/aromatic N) is 1. The molecule has 4 aromatic carbocycles. The average molecular weight is 602 g/mol. The minimum Gasteiger partial charge on any atom is -0.489 e. The Morgan fingerprint density at radius 3 is 2.05 bits per heavy atom. The maximum atomic E-state index is 13.2. The Kier molecular flexibility index (Phi) is 10.3. The summed E-state index contributed by atoms with van der Waals surface area (Å²) in [6.07, 6.45) is -0.657. The van der Waals surface area contributed by atoms with Crippen molar-refractivity contribution in [1.82, 2.24) is 4.90 Å². The molecule has 8 heteroatoms. The molecule has 0 aliphatic rings. The van der Waals surface area contributed by atoms with Gasteiger partial charge in [-0.25, -0.2) is 8.98 Å². The van der Waals surface area contributed by atoms with Crippen molar-refractivity contribution in [2.75, 3.05) is 13.3 Å². The molecule has 0 saturated heterocycles. The fourth-order valence-corrected chi connectivity index (χ4v) is 5.40. The summed E-state index contributed by atoms with van der Waals surface area (Å²) in [7, 11) is -4.17. The molecule has 0 aromatic heterocycles. The van der Waals surface area contributed by atoms with Gasteiger partial charge in [0.2, 0.25) is 0 Å². The summed E-state index contributed by atoms with van der Waals surface area (Å²) >= 11 is 0. The topological polar surface area (TPSA) is 82.1 Å². The largest absolute Gasteiger partial charge is 0.489 e. The van der Waals surface area contributed by atoms with E-state index >= 15 is 0 Å². The highest BCUT2D eigenvalue weighted by molar-refractivity contribution is 7.86. The summed E-state index contributed by atoms with van der Waals surface area (Å²) in [6, 6.07) is 30.1. The van der Waals surface area contributed by atoms with Gasteiger partial charge in [0.05, 0.1) is 4.90 Å². The number of hydrogen-bond donors (Lipinski definition) is 0. The number of benzene rings is 4. The molecule has 0 spiro atoms. The minimum absolute atomic E-state index is 0.00326. The summed E-state index contributed by atoms with van der Waals surface area (Å²) < 4.78 is 43.3. The molecule has 0 bridgehead atoms. The molecule has 0 aliphatic heterocycles. The van der Waals surface area contributed by atoms with Crippen molar-refractivity contribution in [2.24, 2.45) is 0 Å². The third kappa shape index (κ3) is 8.46. The molecule has 0 aliphatic carbocycles. The van der Waals surface area contributed by atoms with Crippen molar-refractivity contribution >= 4 is 16.2 Å². The maximum absolute atomic E-state index is 13.2. The summed E-state index contributed by atoms with van der Waals surface area (Å²) in [5, 5.41) is 0. The molecular weight excluding hydrogens is 562 g/mol. The molecule has 7 nitrogen and oxygen atoms in total. The summed E-state index contributed by atoms with van der Waals surface area (Å²) in [5.41, 5.74) is 5.24. The Hall–Kier alpha value is -4.14. The lowest BCUT2D eigenvalue weighted by molar-refractivity contribution is 0.0696. The van der Waals surface area contributed by atoms with Crippen molar-refractivity contribution in [2.45, 2.75) is 58.1 Å². The van der Waals surface area contributed by atoms with Crippen LogP contribution in [0.25, 0.3) is 11.1 Å². The van der Waals surface area contributed by atoms with E-state index in [0.29, 0.717) is 6.61 Å². The number of carbonyl (C=O) groups excluding carboxylic acids is 1. The van der Waals surface area contributed by atoms with Crippen LogP contribution in [-0.4, -0.2) is 32.7 Å². The normalized spacial score (nSPS) is 11.7. The van der Waals surface area contributed by atoms with Gasteiger partial charge >= 0.3 is 6.09 Å². The average Bonchev–Trinajstić information content (AvgIpc) is 3.00. The fourth-order valence-electron chi connectivity index (χ4n) is 4.50. The number of ether oxygens (including phenoxy) is 2. The van der Waals surface area contributed by atoms with E-state index < -0.39 is 22.9 Å². The lowest BCUT2D eigenvalue weighted by Crippen LogP contribution is -2.34. The van der Waals surface area contributed by atoms with Gasteiger partial charge in [-0.1, -0.05) is 93.6 Å². The van der Waals surface area contributed by atoms with Crippen LogP contribution in [-0.2, 0) is 37.7 Å². The van der Waals surface area contributed by atoms with E-state index in [4.69, 9.17) is 13.7 Å². The van der Waals surface area contributed by atoms with Crippen LogP contribution < -0.4 is 4.74 Å². The first-order valence-corrected chi connectivity index (χ1v) is 15.7. The Labute approximate surface area is 255 Å². The quantitative estimate of drug-likeness (QED) is 0.129. The zero-order chi connectivity index (χ0) is 31.0. The van der Waals surface area contributed by atoms with Crippen LogP contribution in [0, 0.1) is 6.92 Å². The Balaban J connectivity index is 1.51. The van der Waals surface area contributed by atoms with Crippen LogP contribution in [0.3, 0.4) is 0 Å². The van der Waals surface area contributed by atoms with E-state index in [2.05, 4.69) is 26.8 Å². The minimum atomic E-state index is -4.17. The highest BCUT2D eigenvalue weighted by atomic mass is 32.2. The van der Waals surface area contributed by atoms with Crippen LogP contribution in [0.5, 0.6) is 5.75 Å². The molecule has 0 saturated carbocycles. The van der Waals surface area contributed by atoms with Gasteiger partial charge in [-0.3, -0.25) is 4.90 Å². The summed E-state index contributed by atoms with van der Waals surface area (Å²) in [6.45, 7) is 10.3. The second-order valence-corrected chi connectivity index (χ2v) is 12.9. The van der Waals surface area contributed by atoms with Crippen molar-refractivity contribution in [3.8, 4) is 16.9 Å². The van der Waals surface area contributed by atoms with Gasteiger partial charge in [0, 0.05) is 12.1 Å². The summed E-state index contributed by atoms with van der Waals surface area (Å²) in [4.78, 5) is 13.8. The van der Waals surface area contributed by atoms with Crippen molar-refractivity contribution < 1.29 is 26.9 Å². The van der Waals surface area contributed by atoms with Crippen LogP contribution in [0.2, 0.25) is 0 Å². The van der Waals surface area contributed by atoms with Crippen LogP contribution >= 0.6 is 0 Å². The Morgan fingerprint density at radius 2 is 1.44 bits per heavy atom. The number of carbonyl (C=O) groups is 1. The van der Waals surface area contributed by atoms with Gasteiger partial charge in [0.1, 0.15) is 25.7 Å². The second kappa shape index (κ2) is 13.9. The van der Waals surface area contributed by atoms with Crippen LogP contribution in [0.1, 0.15) is 49.9 Å². The molecule has 1 amide bonds. The van der Waals surface area contributed by atoms with E-state index in [0.717, 1.165) is 39.1 Å². The zero-order valence-corrected chi connectivity index (χ0v) is 26.2. The molecule has 226 valence electrons. The first-order chi connectivity index (χ1) is 20.5. The summed E-state index contributed by atoms with van der Waals surface area (Å²) in [5.74, 6) is 0.781. The van der Waals surface area contributed by atoms with Gasteiger partial charge in [-0.05, 0) is 71.3 Å². The fraction of sp³-hybridized carbons (Fsp3) is 0.286. The third-order valence-corrected chi connectivity index (χ3v) is 8.29.